The Morgan fingerprint density at radius 2 is 1.56 bits per heavy atom. The van der Waals surface area contributed by atoms with E-state index >= 15 is 0 Å². The molecule has 0 bridgehead atoms. The minimum atomic E-state index is -0.232. The zero-order chi connectivity index (χ0) is 24.9. The molecule has 2 saturated heterocycles. The molecular formula is C28H32FN5O2. The fourth-order valence-electron chi connectivity index (χ4n) is 4.95. The molecule has 8 heteroatoms. The first-order chi connectivity index (χ1) is 17.6. The Labute approximate surface area is 211 Å². The third-order valence-corrected chi connectivity index (χ3v) is 7.12. The summed E-state index contributed by atoms with van der Waals surface area (Å²) in [6.07, 6.45) is 5.85. The molecule has 0 aliphatic carbocycles. The average Bonchev–Trinajstić information content (AvgIpc) is 2.94. The molecule has 0 unspecified atom stereocenters. The van der Waals surface area contributed by atoms with E-state index in [9.17, 15) is 9.18 Å². The largest absolute Gasteiger partial charge is 0.436 e. The predicted octanol–water partition coefficient (Wildman–Crippen LogP) is 4.54. The molecule has 188 valence electrons. The number of aromatic nitrogens is 2. The van der Waals surface area contributed by atoms with Gasteiger partial charge in [0.2, 0.25) is 5.91 Å². The van der Waals surface area contributed by atoms with Gasteiger partial charge in [-0.15, -0.1) is 0 Å². The number of halogens is 1. The number of benzene rings is 2. The van der Waals surface area contributed by atoms with Crippen LogP contribution in [-0.4, -0.2) is 60.0 Å². The number of piperazine rings is 1. The van der Waals surface area contributed by atoms with Crippen LogP contribution in [-0.2, 0) is 11.2 Å². The Hall–Kier alpha value is -3.68. The quantitative estimate of drug-likeness (QED) is 0.507. The number of rotatable bonds is 6. The van der Waals surface area contributed by atoms with Crippen molar-refractivity contribution in [2.24, 2.45) is 5.92 Å². The highest BCUT2D eigenvalue weighted by Crippen LogP contribution is 2.32. The molecule has 5 rings (SSSR count). The molecule has 0 saturated carbocycles. The minimum absolute atomic E-state index is 0.0150. The second-order valence-corrected chi connectivity index (χ2v) is 9.33. The van der Waals surface area contributed by atoms with E-state index < -0.39 is 0 Å². The number of hydrogen-bond donors (Lipinski definition) is 0. The zero-order valence-electron chi connectivity index (χ0n) is 20.6. The van der Waals surface area contributed by atoms with Crippen LogP contribution >= 0.6 is 0 Å². The Morgan fingerprint density at radius 1 is 0.889 bits per heavy atom. The molecule has 0 N–H and O–H groups in total. The summed E-state index contributed by atoms with van der Waals surface area (Å²) in [6.45, 7) is 6.49. The van der Waals surface area contributed by atoms with Crippen molar-refractivity contribution in [1.82, 2.24) is 14.9 Å². The van der Waals surface area contributed by atoms with Crippen molar-refractivity contribution in [3.05, 3.63) is 72.3 Å². The maximum absolute atomic E-state index is 13.2. The van der Waals surface area contributed by atoms with E-state index in [0.29, 0.717) is 19.0 Å². The minimum Gasteiger partial charge on any atom is -0.436 e. The van der Waals surface area contributed by atoms with Crippen molar-refractivity contribution < 1.29 is 13.9 Å². The SMILES string of the molecule is CCc1ccc(Oc2nccnc2N2CCC(C(=O)N3CCN(c4ccc(F)cc4)CC3)CC2)cc1. The van der Waals surface area contributed by atoms with E-state index in [1.165, 1.54) is 17.7 Å². The molecule has 3 aromatic rings. The first-order valence-corrected chi connectivity index (χ1v) is 12.7. The molecule has 1 aromatic heterocycles. The van der Waals surface area contributed by atoms with Crippen molar-refractivity contribution in [3.8, 4) is 11.6 Å². The number of carbonyl (C=O) groups is 1. The van der Waals surface area contributed by atoms with Gasteiger partial charge in [-0.2, -0.15) is 0 Å². The third-order valence-electron chi connectivity index (χ3n) is 7.12. The lowest BCUT2D eigenvalue weighted by atomic mass is 9.95. The zero-order valence-corrected chi connectivity index (χ0v) is 20.6. The molecular weight excluding hydrogens is 457 g/mol. The van der Waals surface area contributed by atoms with Crippen LogP contribution in [0.4, 0.5) is 15.9 Å². The smallest absolute Gasteiger partial charge is 0.263 e. The molecule has 2 aliphatic heterocycles. The van der Waals surface area contributed by atoms with Gasteiger partial charge in [-0.3, -0.25) is 4.79 Å². The average molecular weight is 490 g/mol. The van der Waals surface area contributed by atoms with Gasteiger partial charge in [0.15, 0.2) is 5.82 Å². The van der Waals surface area contributed by atoms with E-state index in [1.54, 1.807) is 24.5 Å². The van der Waals surface area contributed by atoms with Crippen LogP contribution in [0.5, 0.6) is 11.6 Å². The van der Waals surface area contributed by atoms with Crippen molar-refractivity contribution in [3.63, 3.8) is 0 Å². The monoisotopic (exact) mass is 489 g/mol. The van der Waals surface area contributed by atoms with Crippen LogP contribution in [0.3, 0.4) is 0 Å². The number of nitrogens with zero attached hydrogens (tertiary/aromatic N) is 5. The highest BCUT2D eigenvalue weighted by Gasteiger charge is 2.31. The standard InChI is InChI=1S/C28H32FN5O2/c1-2-21-3-9-25(10-4-21)36-27-26(30-13-14-31-27)33-15-11-22(12-16-33)28(35)34-19-17-32(18-20-34)24-7-5-23(29)6-8-24/h3-10,13-14,22H,2,11-12,15-20H2,1H3. The number of hydrogen-bond acceptors (Lipinski definition) is 6. The summed E-state index contributed by atoms with van der Waals surface area (Å²) in [5.74, 6) is 1.96. The van der Waals surface area contributed by atoms with Crippen LogP contribution in [0.2, 0.25) is 0 Å². The lowest BCUT2D eigenvalue weighted by Crippen LogP contribution is -2.51. The van der Waals surface area contributed by atoms with Crippen molar-refractivity contribution in [2.75, 3.05) is 49.1 Å². The van der Waals surface area contributed by atoms with Crippen LogP contribution < -0.4 is 14.5 Å². The maximum Gasteiger partial charge on any atom is 0.263 e. The summed E-state index contributed by atoms with van der Waals surface area (Å²) in [5, 5.41) is 0. The normalized spacial score (nSPS) is 16.8. The Bertz CT molecular complexity index is 1160. The topological polar surface area (TPSA) is 61.8 Å². The lowest BCUT2D eigenvalue weighted by Gasteiger charge is -2.39. The second kappa shape index (κ2) is 10.9. The molecule has 2 aromatic carbocycles. The highest BCUT2D eigenvalue weighted by atomic mass is 19.1. The molecule has 1 amide bonds. The van der Waals surface area contributed by atoms with Gasteiger partial charge in [-0.05, 0) is 61.2 Å². The van der Waals surface area contributed by atoms with E-state index in [0.717, 1.165) is 62.7 Å². The highest BCUT2D eigenvalue weighted by molar-refractivity contribution is 5.79. The Balaban J connectivity index is 1.15. The molecule has 3 heterocycles. The number of amides is 1. The van der Waals surface area contributed by atoms with Crippen LogP contribution in [0, 0.1) is 11.7 Å². The summed E-state index contributed by atoms with van der Waals surface area (Å²) in [5.41, 5.74) is 2.26. The summed E-state index contributed by atoms with van der Waals surface area (Å²) >= 11 is 0. The van der Waals surface area contributed by atoms with Gasteiger partial charge in [0.1, 0.15) is 11.6 Å². The Kier molecular flexibility index (Phi) is 7.30. The van der Waals surface area contributed by atoms with Crippen LogP contribution in [0.1, 0.15) is 25.3 Å². The van der Waals surface area contributed by atoms with Crippen molar-refractivity contribution in [1.29, 1.82) is 0 Å². The Morgan fingerprint density at radius 3 is 2.22 bits per heavy atom. The van der Waals surface area contributed by atoms with Gasteiger partial charge in [-0.25, -0.2) is 14.4 Å². The van der Waals surface area contributed by atoms with Crippen LogP contribution in [0.25, 0.3) is 0 Å². The summed E-state index contributed by atoms with van der Waals surface area (Å²) in [4.78, 5) is 28.6. The number of anilines is 2. The van der Waals surface area contributed by atoms with E-state index in [4.69, 9.17) is 4.74 Å². The number of carbonyl (C=O) groups excluding carboxylic acids is 1. The molecule has 2 fully saturated rings. The van der Waals surface area contributed by atoms with Gasteiger partial charge >= 0.3 is 0 Å². The van der Waals surface area contributed by atoms with Gasteiger partial charge in [0.05, 0.1) is 0 Å². The number of aryl methyl sites for hydroxylation is 1. The third kappa shape index (κ3) is 5.42. The summed E-state index contributed by atoms with van der Waals surface area (Å²) in [7, 11) is 0. The van der Waals surface area contributed by atoms with E-state index in [1.807, 2.05) is 17.0 Å². The molecule has 0 radical (unpaired) electrons. The lowest BCUT2D eigenvalue weighted by molar-refractivity contribution is -0.136. The fourth-order valence-corrected chi connectivity index (χ4v) is 4.95. The van der Waals surface area contributed by atoms with Crippen LogP contribution in [0.15, 0.2) is 60.9 Å². The first-order valence-electron chi connectivity index (χ1n) is 12.7. The van der Waals surface area contributed by atoms with Crippen molar-refractivity contribution >= 4 is 17.4 Å². The molecule has 0 spiro atoms. The number of piperidine rings is 1. The van der Waals surface area contributed by atoms with Gasteiger partial charge in [0, 0.05) is 63.3 Å². The first kappa shape index (κ1) is 24.0. The maximum atomic E-state index is 13.2. The van der Waals surface area contributed by atoms with E-state index in [2.05, 4.69) is 38.8 Å². The van der Waals surface area contributed by atoms with Gasteiger partial charge in [-0.1, -0.05) is 19.1 Å². The molecule has 36 heavy (non-hydrogen) atoms. The predicted molar refractivity (Wildman–Crippen MR) is 138 cm³/mol. The summed E-state index contributed by atoms with van der Waals surface area (Å²) in [6, 6.07) is 14.6. The van der Waals surface area contributed by atoms with Gasteiger partial charge < -0.3 is 19.4 Å². The van der Waals surface area contributed by atoms with E-state index in [-0.39, 0.29) is 17.6 Å². The number of ether oxygens (including phenoxy) is 1. The molecule has 0 atom stereocenters. The molecule has 2 aliphatic rings. The second-order valence-electron chi connectivity index (χ2n) is 9.33. The summed E-state index contributed by atoms with van der Waals surface area (Å²) < 4.78 is 19.3. The molecule has 7 nitrogen and oxygen atoms in total. The van der Waals surface area contributed by atoms with Gasteiger partial charge in [0.25, 0.3) is 5.88 Å². The fraction of sp³-hybridized carbons (Fsp3) is 0.393. The van der Waals surface area contributed by atoms with Crippen molar-refractivity contribution in [2.45, 2.75) is 26.2 Å².